The van der Waals surface area contributed by atoms with Crippen LogP contribution in [0.2, 0.25) is 0 Å². The van der Waals surface area contributed by atoms with Crippen molar-refractivity contribution in [3.05, 3.63) is 29.8 Å². The lowest BCUT2D eigenvalue weighted by atomic mass is 10.2. The van der Waals surface area contributed by atoms with Gasteiger partial charge in [0, 0.05) is 7.05 Å². The third-order valence-electron chi connectivity index (χ3n) is 1.70. The zero-order chi connectivity index (χ0) is 16.7. The molecular formula is C10H15NO8S2. The summed E-state index contributed by atoms with van der Waals surface area (Å²) >= 11 is 0. The molecule has 120 valence electrons. The van der Waals surface area contributed by atoms with Crippen molar-refractivity contribution in [3.8, 4) is 5.75 Å². The van der Waals surface area contributed by atoms with Gasteiger partial charge in [0.2, 0.25) is 5.08 Å². The maximum Gasteiger partial charge on any atom is 0.412 e. The molecule has 0 saturated heterocycles. The molecule has 0 atom stereocenters. The summed E-state index contributed by atoms with van der Waals surface area (Å²) in [4.78, 5) is 10.8. The Labute approximate surface area is 122 Å². The number of hydrogen-bond acceptors (Lipinski definition) is 6. The highest BCUT2D eigenvalue weighted by Gasteiger charge is 2.15. The van der Waals surface area contributed by atoms with Gasteiger partial charge in [-0.05, 0) is 24.6 Å². The standard InChI is InChI=1S/C9H11NO2.CH4O6S2/c1-7-4-3-5-8(6-7)12-9(11)10-2;2-8(3,4)1-9(5,6)7/h3-6H,1-2H3,(H,10,11);1H2,(H,2,3,4)(H,5,6,7). The quantitative estimate of drug-likeness (QED) is 0.671. The van der Waals surface area contributed by atoms with Crippen LogP contribution in [0.1, 0.15) is 5.56 Å². The van der Waals surface area contributed by atoms with Crippen molar-refractivity contribution >= 4 is 26.3 Å². The Morgan fingerprint density at radius 2 is 1.71 bits per heavy atom. The van der Waals surface area contributed by atoms with Crippen molar-refractivity contribution in [2.75, 3.05) is 12.1 Å². The van der Waals surface area contributed by atoms with Crippen LogP contribution in [0.5, 0.6) is 5.75 Å². The normalized spacial score (nSPS) is 11.0. The summed E-state index contributed by atoms with van der Waals surface area (Å²) in [7, 11) is -7.71. The van der Waals surface area contributed by atoms with Gasteiger partial charge in [-0.25, -0.2) is 4.79 Å². The van der Waals surface area contributed by atoms with Crippen LogP contribution in [-0.2, 0) is 20.2 Å². The van der Waals surface area contributed by atoms with Crippen LogP contribution in [0.4, 0.5) is 4.79 Å². The Balaban J connectivity index is 0.000000400. The number of hydrogen-bond donors (Lipinski definition) is 3. The summed E-state index contributed by atoms with van der Waals surface area (Å²) in [5.74, 6) is 0.564. The second kappa shape index (κ2) is 7.93. The average Bonchev–Trinajstić information content (AvgIpc) is 2.24. The van der Waals surface area contributed by atoms with Gasteiger partial charge >= 0.3 is 6.09 Å². The largest absolute Gasteiger partial charge is 0.412 e. The van der Waals surface area contributed by atoms with Gasteiger partial charge in [0.15, 0.2) is 0 Å². The van der Waals surface area contributed by atoms with E-state index in [2.05, 4.69) is 5.32 Å². The molecule has 1 aromatic rings. The van der Waals surface area contributed by atoms with Gasteiger partial charge in [-0.1, -0.05) is 12.1 Å². The van der Waals surface area contributed by atoms with Gasteiger partial charge in [-0.15, -0.1) is 0 Å². The number of rotatable bonds is 3. The summed E-state index contributed by atoms with van der Waals surface area (Å²) in [6.07, 6.45) is -0.444. The summed E-state index contributed by atoms with van der Waals surface area (Å²) in [5, 5.41) is 0.719. The minimum absolute atomic E-state index is 0.444. The molecule has 0 unspecified atom stereocenters. The molecule has 0 heterocycles. The third-order valence-corrected chi connectivity index (χ3v) is 4.08. The fourth-order valence-corrected chi connectivity index (χ4v) is 2.53. The smallest absolute Gasteiger partial charge is 0.410 e. The molecule has 0 bridgehead atoms. The van der Waals surface area contributed by atoms with E-state index in [9.17, 15) is 21.6 Å². The zero-order valence-corrected chi connectivity index (χ0v) is 12.8. The van der Waals surface area contributed by atoms with Crippen LogP contribution in [0, 0.1) is 6.92 Å². The van der Waals surface area contributed by atoms with Crippen molar-refractivity contribution in [3.63, 3.8) is 0 Å². The molecule has 0 radical (unpaired) electrons. The summed E-state index contributed by atoms with van der Waals surface area (Å²) < 4.78 is 59.1. The van der Waals surface area contributed by atoms with E-state index < -0.39 is 31.4 Å². The van der Waals surface area contributed by atoms with E-state index in [1.54, 1.807) is 12.1 Å². The van der Waals surface area contributed by atoms with Gasteiger partial charge in [0.05, 0.1) is 0 Å². The van der Waals surface area contributed by atoms with Crippen LogP contribution < -0.4 is 10.1 Å². The van der Waals surface area contributed by atoms with Crippen LogP contribution in [0.25, 0.3) is 0 Å². The molecule has 1 amide bonds. The number of amides is 1. The number of carbonyl (C=O) groups excluding carboxylic acids is 1. The third kappa shape index (κ3) is 11.8. The SMILES string of the molecule is CNC(=O)Oc1cccc(C)c1.O=S(=O)(O)CS(=O)(=O)O. The van der Waals surface area contributed by atoms with Crippen molar-refractivity contribution in [1.82, 2.24) is 5.32 Å². The molecule has 3 N–H and O–H groups in total. The zero-order valence-electron chi connectivity index (χ0n) is 11.2. The number of aryl methyl sites for hydroxylation is 1. The van der Waals surface area contributed by atoms with Crippen molar-refractivity contribution < 1.29 is 35.5 Å². The predicted octanol–water partition coefficient (Wildman–Crippen LogP) is 0.433. The van der Waals surface area contributed by atoms with Gasteiger partial charge < -0.3 is 10.1 Å². The predicted molar refractivity (Wildman–Crippen MR) is 74.2 cm³/mol. The maximum atomic E-state index is 10.8. The molecule has 0 aliphatic carbocycles. The lowest BCUT2D eigenvalue weighted by Gasteiger charge is -2.02. The van der Waals surface area contributed by atoms with Gasteiger partial charge in [-0.2, -0.15) is 16.8 Å². The fourth-order valence-electron chi connectivity index (χ4n) is 1.03. The van der Waals surface area contributed by atoms with Crippen molar-refractivity contribution in [2.24, 2.45) is 0 Å². The number of ether oxygens (including phenoxy) is 1. The lowest BCUT2D eigenvalue weighted by Crippen LogP contribution is -2.21. The number of carbonyl (C=O) groups is 1. The maximum absolute atomic E-state index is 10.8. The second-order valence-electron chi connectivity index (χ2n) is 3.74. The van der Waals surface area contributed by atoms with E-state index >= 15 is 0 Å². The molecule has 0 aromatic heterocycles. The summed E-state index contributed by atoms with van der Waals surface area (Å²) in [6, 6.07) is 7.32. The highest BCUT2D eigenvalue weighted by molar-refractivity contribution is 8.02. The van der Waals surface area contributed by atoms with E-state index in [1.165, 1.54) is 7.05 Å². The first-order valence-electron chi connectivity index (χ1n) is 5.29. The van der Waals surface area contributed by atoms with E-state index in [1.807, 2.05) is 19.1 Å². The molecule has 0 fully saturated rings. The molecule has 0 aliphatic rings. The highest BCUT2D eigenvalue weighted by Crippen LogP contribution is 2.11. The molecule has 11 heteroatoms. The van der Waals surface area contributed by atoms with E-state index in [-0.39, 0.29) is 0 Å². The molecule has 9 nitrogen and oxygen atoms in total. The first kappa shape index (κ1) is 19.3. The van der Waals surface area contributed by atoms with Crippen LogP contribution >= 0.6 is 0 Å². The summed E-state index contributed by atoms with van der Waals surface area (Å²) in [6.45, 7) is 1.94. The first-order chi connectivity index (χ1) is 9.43. The number of benzene rings is 1. The monoisotopic (exact) mass is 341 g/mol. The highest BCUT2D eigenvalue weighted by atomic mass is 32.3. The molecule has 1 aromatic carbocycles. The van der Waals surface area contributed by atoms with Crippen LogP contribution in [-0.4, -0.2) is 44.2 Å². The lowest BCUT2D eigenvalue weighted by molar-refractivity contribution is 0.203. The van der Waals surface area contributed by atoms with E-state index in [0.717, 1.165) is 5.56 Å². The Bertz CT molecular complexity index is 651. The Morgan fingerprint density at radius 1 is 1.19 bits per heavy atom. The van der Waals surface area contributed by atoms with Gasteiger partial charge in [0.1, 0.15) is 5.75 Å². The fraction of sp³-hybridized carbons (Fsp3) is 0.300. The topological polar surface area (TPSA) is 147 Å². The molecule has 1 rings (SSSR count). The molecule has 21 heavy (non-hydrogen) atoms. The van der Waals surface area contributed by atoms with Crippen molar-refractivity contribution in [2.45, 2.75) is 6.92 Å². The Morgan fingerprint density at radius 3 is 2.05 bits per heavy atom. The summed E-state index contributed by atoms with van der Waals surface area (Å²) in [5.41, 5.74) is 1.07. The van der Waals surface area contributed by atoms with Crippen molar-refractivity contribution in [1.29, 1.82) is 0 Å². The minimum atomic E-state index is -4.62. The Hall–Kier alpha value is -1.69. The van der Waals surface area contributed by atoms with Gasteiger partial charge in [-0.3, -0.25) is 9.11 Å². The molecule has 0 spiro atoms. The second-order valence-corrected chi connectivity index (χ2v) is 7.01. The van der Waals surface area contributed by atoms with E-state index in [4.69, 9.17) is 13.8 Å². The van der Waals surface area contributed by atoms with Crippen LogP contribution in [0.15, 0.2) is 24.3 Å². The first-order valence-corrected chi connectivity index (χ1v) is 8.51. The van der Waals surface area contributed by atoms with E-state index in [0.29, 0.717) is 5.75 Å². The Kier molecular flexibility index (Phi) is 7.29. The van der Waals surface area contributed by atoms with Gasteiger partial charge in [0.25, 0.3) is 20.2 Å². The number of nitrogens with one attached hydrogen (secondary N) is 1. The van der Waals surface area contributed by atoms with Crippen LogP contribution in [0.3, 0.4) is 0 Å². The minimum Gasteiger partial charge on any atom is -0.410 e. The molecule has 0 aliphatic heterocycles. The molecular weight excluding hydrogens is 326 g/mol. The molecule has 0 saturated carbocycles. The average molecular weight is 341 g/mol.